The third-order valence-electron chi connectivity index (χ3n) is 3.96. The van der Waals surface area contributed by atoms with Crippen LogP contribution in [0.2, 0.25) is 0 Å². The first-order valence-corrected chi connectivity index (χ1v) is 7.83. The summed E-state index contributed by atoms with van der Waals surface area (Å²) in [6.45, 7) is 6.97. The molecule has 0 bridgehead atoms. The van der Waals surface area contributed by atoms with Crippen molar-refractivity contribution in [2.75, 3.05) is 19.6 Å². The summed E-state index contributed by atoms with van der Waals surface area (Å²) in [6.07, 6.45) is 0.245. The predicted octanol–water partition coefficient (Wildman–Crippen LogP) is -1.64. The molecule has 9 nitrogen and oxygen atoms in total. The third-order valence-corrected chi connectivity index (χ3v) is 3.96. The van der Waals surface area contributed by atoms with E-state index in [9.17, 15) is 14.4 Å². The van der Waals surface area contributed by atoms with Gasteiger partial charge in [0.15, 0.2) is 0 Å². The number of carbonyl (C=O) groups is 3. The van der Waals surface area contributed by atoms with Gasteiger partial charge in [0.05, 0.1) is 12.6 Å². The van der Waals surface area contributed by atoms with Crippen molar-refractivity contribution in [3.8, 4) is 0 Å². The van der Waals surface area contributed by atoms with E-state index >= 15 is 0 Å². The lowest BCUT2D eigenvalue weighted by Gasteiger charge is -2.36. The Bertz CT molecular complexity index is 461. The van der Waals surface area contributed by atoms with Crippen LogP contribution in [-0.2, 0) is 14.4 Å². The molecule has 0 aromatic rings. The normalized spacial score (nSPS) is 13.5. The number of nitrogens with one attached hydrogen (secondary N) is 2. The molecule has 1 unspecified atom stereocenters. The Morgan fingerprint density at radius 1 is 1.08 bits per heavy atom. The molecule has 1 atom stereocenters. The predicted molar refractivity (Wildman–Crippen MR) is 90.8 cm³/mol. The van der Waals surface area contributed by atoms with E-state index in [0.29, 0.717) is 0 Å². The second-order valence-corrected chi connectivity index (χ2v) is 7.28. The van der Waals surface area contributed by atoms with Crippen LogP contribution in [0.4, 0.5) is 0 Å². The fourth-order valence-electron chi connectivity index (χ4n) is 2.56. The van der Waals surface area contributed by atoms with Gasteiger partial charge in [-0.2, -0.15) is 0 Å². The van der Waals surface area contributed by atoms with Gasteiger partial charge in [0.25, 0.3) is 0 Å². The van der Waals surface area contributed by atoms with Gasteiger partial charge >= 0.3 is 5.97 Å². The fraction of sp³-hybridized carbons (Fsp3) is 0.800. The van der Waals surface area contributed by atoms with Gasteiger partial charge in [-0.25, -0.2) is 0 Å². The quantitative estimate of drug-likeness (QED) is 0.275. The topological polar surface area (TPSA) is 174 Å². The highest BCUT2D eigenvalue weighted by Gasteiger charge is 2.40. The van der Waals surface area contributed by atoms with Crippen molar-refractivity contribution in [1.29, 1.82) is 0 Å². The summed E-state index contributed by atoms with van der Waals surface area (Å²) in [5.41, 5.74) is 14.9. The van der Waals surface area contributed by atoms with E-state index in [4.69, 9.17) is 22.3 Å². The van der Waals surface area contributed by atoms with Gasteiger partial charge in [0.2, 0.25) is 11.8 Å². The maximum absolute atomic E-state index is 12.3. The number of hydrogen-bond acceptors (Lipinski definition) is 6. The Morgan fingerprint density at radius 3 is 2.00 bits per heavy atom. The average Bonchev–Trinajstić information content (AvgIpc) is 2.47. The lowest BCUT2D eigenvalue weighted by atomic mass is 9.71. The zero-order valence-corrected chi connectivity index (χ0v) is 14.9. The maximum atomic E-state index is 12.3. The minimum Gasteiger partial charge on any atom is -0.480 e. The first-order chi connectivity index (χ1) is 10.9. The summed E-state index contributed by atoms with van der Waals surface area (Å²) in [6, 6.07) is -1.43. The van der Waals surface area contributed by atoms with Crippen LogP contribution in [-0.4, -0.2) is 54.6 Å². The van der Waals surface area contributed by atoms with E-state index in [1.165, 1.54) is 0 Å². The summed E-state index contributed by atoms with van der Waals surface area (Å²) >= 11 is 0. The Kier molecular flexibility index (Phi) is 8.31. The highest BCUT2D eigenvalue weighted by atomic mass is 16.4. The number of aliphatic carboxylic acids is 1. The van der Waals surface area contributed by atoms with Gasteiger partial charge in [-0.05, 0) is 11.8 Å². The van der Waals surface area contributed by atoms with Crippen molar-refractivity contribution in [3.63, 3.8) is 0 Å². The molecule has 0 aromatic carbocycles. The van der Waals surface area contributed by atoms with Crippen LogP contribution in [0.25, 0.3) is 0 Å². The molecule has 0 aliphatic rings. The Morgan fingerprint density at radius 2 is 1.58 bits per heavy atom. The van der Waals surface area contributed by atoms with Crippen LogP contribution in [0.3, 0.4) is 0 Å². The molecule has 24 heavy (non-hydrogen) atoms. The minimum atomic E-state index is -1.12. The second kappa shape index (κ2) is 8.95. The number of carboxylic acid groups (broad SMARTS) is 1. The van der Waals surface area contributed by atoms with Crippen LogP contribution < -0.4 is 27.8 Å². The highest BCUT2D eigenvalue weighted by molar-refractivity contribution is 5.87. The molecule has 0 spiro atoms. The second-order valence-electron chi connectivity index (χ2n) is 7.28. The van der Waals surface area contributed by atoms with Crippen LogP contribution in [0.1, 0.15) is 34.1 Å². The molecule has 9 N–H and O–H groups in total. The smallest absolute Gasteiger partial charge is 0.321 e. The van der Waals surface area contributed by atoms with Gasteiger partial charge in [0, 0.05) is 18.5 Å². The Balaban J connectivity index is 4.68. The fourth-order valence-corrected chi connectivity index (χ4v) is 2.56. The Hall–Kier alpha value is -1.71. The molecule has 0 heterocycles. The van der Waals surface area contributed by atoms with Crippen LogP contribution >= 0.6 is 0 Å². The van der Waals surface area contributed by atoms with Crippen molar-refractivity contribution in [2.24, 2.45) is 28.0 Å². The zero-order valence-electron chi connectivity index (χ0n) is 14.9. The largest absolute Gasteiger partial charge is 0.480 e. The lowest BCUT2D eigenvalue weighted by Crippen LogP contribution is -2.51. The van der Waals surface area contributed by atoms with Crippen molar-refractivity contribution in [3.05, 3.63) is 0 Å². The maximum Gasteiger partial charge on any atom is 0.321 e. The van der Waals surface area contributed by atoms with Gasteiger partial charge < -0.3 is 32.9 Å². The van der Waals surface area contributed by atoms with Gasteiger partial charge in [-0.3, -0.25) is 14.4 Å². The number of rotatable bonds is 10. The van der Waals surface area contributed by atoms with Crippen molar-refractivity contribution in [2.45, 2.75) is 46.2 Å². The number of hydrogen-bond donors (Lipinski definition) is 6. The number of amides is 2. The zero-order chi connectivity index (χ0) is 19.1. The average molecular weight is 345 g/mol. The molecule has 140 valence electrons. The van der Waals surface area contributed by atoms with Crippen molar-refractivity contribution >= 4 is 17.8 Å². The molecule has 0 aliphatic carbocycles. The standard InChI is InChI=1S/C15H31N5O4/c1-14(2,11(18)12(22)23)8-15(3,4)13(24)19-7-10(21)20-9(5-16)6-17/h9,11H,5-8,16-18H2,1-4H3,(H,19,24)(H,20,21)(H,22,23). The van der Waals surface area contributed by atoms with E-state index in [2.05, 4.69) is 10.6 Å². The number of carbonyl (C=O) groups excluding carboxylic acids is 2. The molecular formula is C15H31N5O4. The minimum absolute atomic E-state index is 0.204. The van der Waals surface area contributed by atoms with Crippen LogP contribution in [0.5, 0.6) is 0 Å². The molecular weight excluding hydrogens is 314 g/mol. The lowest BCUT2D eigenvalue weighted by molar-refractivity contribution is -0.143. The van der Waals surface area contributed by atoms with E-state index in [1.54, 1.807) is 27.7 Å². The van der Waals surface area contributed by atoms with E-state index in [0.717, 1.165) is 0 Å². The number of carboxylic acids is 1. The van der Waals surface area contributed by atoms with Gasteiger partial charge in [-0.1, -0.05) is 27.7 Å². The van der Waals surface area contributed by atoms with Gasteiger partial charge in [-0.15, -0.1) is 0 Å². The van der Waals surface area contributed by atoms with Crippen LogP contribution in [0, 0.1) is 10.8 Å². The summed E-state index contributed by atoms with van der Waals surface area (Å²) < 4.78 is 0. The first-order valence-electron chi connectivity index (χ1n) is 7.83. The van der Waals surface area contributed by atoms with E-state index in [1.807, 2.05) is 0 Å². The SMILES string of the molecule is CC(C)(CC(C)(C)C(N)C(=O)O)C(=O)NCC(=O)NC(CN)CN. The highest BCUT2D eigenvalue weighted by Crippen LogP contribution is 2.35. The molecule has 0 fully saturated rings. The summed E-state index contributed by atoms with van der Waals surface area (Å²) in [5.74, 6) is -1.87. The monoisotopic (exact) mass is 345 g/mol. The van der Waals surface area contributed by atoms with Crippen LogP contribution in [0.15, 0.2) is 0 Å². The number of nitrogens with two attached hydrogens (primary N) is 3. The molecule has 2 amide bonds. The molecule has 0 aromatic heterocycles. The van der Waals surface area contributed by atoms with E-state index in [-0.39, 0.29) is 43.9 Å². The Labute approximate surface area is 142 Å². The van der Waals surface area contributed by atoms with E-state index < -0.39 is 22.8 Å². The summed E-state index contributed by atoms with van der Waals surface area (Å²) in [4.78, 5) is 35.2. The molecule has 0 rings (SSSR count). The van der Waals surface area contributed by atoms with Crippen molar-refractivity contribution in [1.82, 2.24) is 10.6 Å². The first kappa shape index (κ1) is 22.3. The van der Waals surface area contributed by atoms with Crippen molar-refractivity contribution < 1.29 is 19.5 Å². The molecule has 0 saturated heterocycles. The van der Waals surface area contributed by atoms with Gasteiger partial charge in [0.1, 0.15) is 6.04 Å². The summed E-state index contributed by atoms with van der Waals surface area (Å²) in [5, 5.41) is 14.2. The molecule has 0 saturated carbocycles. The third kappa shape index (κ3) is 6.81. The molecule has 9 heteroatoms. The molecule has 0 aliphatic heterocycles. The summed E-state index contributed by atoms with van der Waals surface area (Å²) in [7, 11) is 0. The molecule has 0 radical (unpaired) electrons.